The molecule has 0 bridgehead atoms. The highest BCUT2D eigenvalue weighted by Crippen LogP contribution is 2.32. The topological polar surface area (TPSA) is 52.7 Å². The molecule has 6 heteroatoms. The second kappa shape index (κ2) is 9.26. The summed E-state index contributed by atoms with van der Waals surface area (Å²) in [5, 5.41) is 3.12. The molecule has 3 rings (SSSR count). The first-order valence-corrected chi connectivity index (χ1v) is 11.4. The number of nitrogens with one attached hydrogen (secondary N) is 1. The van der Waals surface area contributed by atoms with Crippen LogP contribution >= 0.6 is 11.8 Å². The van der Waals surface area contributed by atoms with Gasteiger partial charge in [0.25, 0.3) is 0 Å². The summed E-state index contributed by atoms with van der Waals surface area (Å²) in [5.74, 6) is 2.22. The van der Waals surface area contributed by atoms with Crippen LogP contribution in [0.4, 0.5) is 0 Å². The lowest BCUT2D eigenvalue weighted by Crippen LogP contribution is -2.51. The maximum absolute atomic E-state index is 12.4. The molecule has 1 saturated carbocycles. The van der Waals surface area contributed by atoms with E-state index in [0.29, 0.717) is 17.9 Å². The number of rotatable bonds is 7. The zero-order valence-corrected chi connectivity index (χ0v) is 16.4. The molecule has 142 valence electrons. The molecule has 0 unspecified atom stereocenters. The number of hydrogen-bond acceptors (Lipinski definition) is 4. The van der Waals surface area contributed by atoms with Gasteiger partial charge in [-0.2, -0.15) is 11.8 Å². The van der Waals surface area contributed by atoms with Crippen LogP contribution in [0.1, 0.15) is 44.9 Å². The highest BCUT2D eigenvalue weighted by molar-refractivity contribution is 7.98. The Hall–Kier alpha value is -0.750. The second-order valence-corrected chi connectivity index (χ2v) is 8.79. The van der Waals surface area contributed by atoms with Crippen LogP contribution < -0.4 is 5.32 Å². The summed E-state index contributed by atoms with van der Waals surface area (Å²) in [4.78, 5) is 29.2. The number of likely N-dealkylation sites (tertiary alicyclic amines) is 2. The predicted octanol–water partition coefficient (Wildman–Crippen LogP) is 1.97. The first kappa shape index (κ1) is 19.0. The average molecular weight is 368 g/mol. The van der Waals surface area contributed by atoms with Gasteiger partial charge in [0.15, 0.2) is 0 Å². The quantitative estimate of drug-likeness (QED) is 0.699. The molecule has 5 nitrogen and oxygen atoms in total. The highest BCUT2D eigenvalue weighted by atomic mass is 32.2. The largest absolute Gasteiger partial charge is 0.356 e. The first-order chi connectivity index (χ1) is 12.2. The predicted molar refractivity (Wildman–Crippen MR) is 103 cm³/mol. The fourth-order valence-corrected chi connectivity index (χ4v) is 4.60. The summed E-state index contributed by atoms with van der Waals surface area (Å²) in [7, 11) is 0. The molecule has 3 fully saturated rings. The molecule has 2 heterocycles. The monoisotopic (exact) mass is 367 g/mol. The van der Waals surface area contributed by atoms with Crippen LogP contribution in [0.15, 0.2) is 0 Å². The van der Waals surface area contributed by atoms with E-state index >= 15 is 0 Å². The third-order valence-corrected chi connectivity index (χ3v) is 6.56. The minimum atomic E-state index is 0.147. The molecule has 0 aromatic carbocycles. The summed E-state index contributed by atoms with van der Waals surface area (Å²) in [6.45, 7) is 4.62. The van der Waals surface area contributed by atoms with Gasteiger partial charge < -0.3 is 10.2 Å². The minimum Gasteiger partial charge on any atom is -0.356 e. The van der Waals surface area contributed by atoms with Gasteiger partial charge in [-0.3, -0.25) is 14.5 Å². The van der Waals surface area contributed by atoms with E-state index in [1.54, 1.807) is 0 Å². The van der Waals surface area contributed by atoms with E-state index in [9.17, 15) is 9.59 Å². The van der Waals surface area contributed by atoms with Crippen molar-refractivity contribution in [3.63, 3.8) is 0 Å². The number of amides is 2. The van der Waals surface area contributed by atoms with Crippen molar-refractivity contribution in [1.29, 1.82) is 0 Å². The van der Waals surface area contributed by atoms with E-state index in [1.165, 1.54) is 0 Å². The Morgan fingerprint density at radius 2 is 1.80 bits per heavy atom. The van der Waals surface area contributed by atoms with E-state index in [4.69, 9.17) is 0 Å². The summed E-state index contributed by atoms with van der Waals surface area (Å²) in [5.41, 5.74) is 0. The average Bonchev–Trinajstić information content (AvgIpc) is 3.50. The summed E-state index contributed by atoms with van der Waals surface area (Å²) >= 11 is 1.83. The van der Waals surface area contributed by atoms with Gasteiger partial charge in [-0.1, -0.05) is 0 Å². The Morgan fingerprint density at radius 3 is 2.48 bits per heavy atom. The van der Waals surface area contributed by atoms with E-state index in [1.807, 2.05) is 11.8 Å². The van der Waals surface area contributed by atoms with Gasteiger partial charge in [0.1, 0.15) is 0 Å². The van der Waals surface area contributed by atoms with Gasteiger partial charge in [0.05, 0.1) is 5.92 Å². The maximum atomic E-state index is 12.4. The molecule has 2 amide bonds. The lowest BCUT2D eigenvalue weighted by molar-refractivity contribution is -0.134. The fourth-order valence-electron chi connectivity index (χ4n) is 4.16. The zero-order valence-electron chi connectivity index (χ0n) is 15.5. The van der Waals surface area contributed by atoms with Gasteiger partial charge >= 0.3 is 0 Å². The molecule has 0 spiro atoms. The number of thioether (sulfide) groups is 1. The standard InChI is InChI=1S/C19H33N3O2S/c1-25-13-3-9-20-18(23)16-4-2-10-22(14-16)17-7-11-21(12-8-17)19(24)15-5-6-15/h15-17H,2-14H2,1H3,(H,20,23)/t16-/m0/s1. The fraction of sp³-hybridized carbons (Fsp3) is 0.895. The number of nitrogens with zero attached hydrogens (tertiary/aromatic N) is 2. The minimum absolute atomic E-state index is 0.147. The highest BCUT2D eigenvalue weighted by Gasteiger charge is 2.37. The van der Waals surface area contributed by atoms with Crippen LogP contribution in [0.25, 0.3) is 0 Å². The molecule has 2 saturated heterocycles. The SMILES string of the molecule is CSCCCNC(=O)[C@H]1CCCN(C2CCN(C(=O)C3CC3)CC2)C1. The number of piperidine rings is 2. The van der Waals surface area contributed by atoms with Crippen molar-refractivity contribution in [2.45, 2.75) is 51.0 Å². The first-order valence-electron chi connectivity index (χ1n) is 9.98. The Bertz CT molecular complexity index is 462. The van der Waals surface area contributed by atoms with Crippen molar-refractivity contribution in [3.8, 4) is 0 Å². The van der Waals surface area contributed by atoms with Crippen LogP contribution in [-0.2, 0) is 9.59 Å². The van der Waals surface area contributed by atoms with Crippen molar-refractivity contribution in [3.05, 3.63) is 0 Å². The van der Waals surface area contributed by atoms with Crippen LogP contribution in [-0.4, -0.2) is 72.4 Å². The Morgan fingerprint density at radius 1 is 1.04 bits per heavy atom. The molecule has 0 aromatic rings. The Labute approximate surface area is 156 Å². The lowest BCUT2D eigenvalue weighted by atomic mass is 9.93. The molecule has 1 aliphatic carbocycles. The third kappa shape index (κ3) is 5.36. The van der Waals surface area contributed by atoms with E-state index in [2.05, 4.69) is 21.4 Å². The second-order valence-electron chi connectivity index (χ2n) is 7.80. The third-order valence-electron chi connectivity index (χ3n) is 5.87. The van der Waals surface area contributed by atoms with Gasteiger partial charge in [-0.25, -0.2) is 0 Å². The van der Waals surface area contributed by atoms with E-state index in [0.717, 1.165) is 83.4 Å². The normalized spacial score (nSPS) is 25.8. The van der Waals surface area contributed by atoms with E-state index in [-0.39, 0.29) is 11.8 Å². The number of carbonyl (C=O) groups is 2. The van der Waals surface area contributed by atoms with Gasteiger partial charge in [0.2, 0.25) is 11.8 Å². The summed E-state index contributed by atoms with van der Waals surface area (Å²) in [6, 6.07) is 0.551. The van der Waals surface area contributed by atoms with Gasteiger partial charge in [-0.05, 0) is 63.5 Å². The number of carbonyl (C=O) groups excluding carboxylic acids is 2. The smallest absolute Gasteiger partial charge is 0.225 e. The van der Waals surface area contributed by atoms with Crippen LogP contribution in [0, 0.1) is 11.8 Å². The van der Waals surface area contributed by atoms with Gasteiger partial charge in [0, 0.05) is 38.1 Å². The van der Waals surface area contributed by atoms with Crippen molar-refractivity contribution >= 4 is 23.6 Å². The Kier molecular flexibility index (Phi) is 7.05. The van der Waals surface area contributed by atoms with Crippen molar-refractivity contribution in [2.24, 2.45) is 11.8 Å². The van der Waals surface area contributed by atoms with Crippen molar-refractivity contribution < 1.29 is 9.59 Å². The molecular weight excluding hydrogens is 334 g/mol. The number of hydrogen-bond donors (Lipinski definition) is 1. The molecule has 0 aromatic heterocycles. The van der Waals surface area contributed by atoms with Crippen LogP contribution in [0.5, 0.6) is 0 Å². The molecule has 1 N–H and O–H groups in total. The molecule has 2 aliphatic heterocycles. The van der Waals surface area contributed by atoms with Crippen molar-refractivity contribution in [1.82, 2.24) is 15.1 Å². The van der Waals surface area contributed by atoms with E-state index < -0.39 is 0 Å². The molecule has 3 aliphatic rings. The summed E-state index contributed by atoms with van der Waals surface area (Å²) in [6.07, 6.45) is 9.62. The lowest BCUT2D eigenvalue weighted by Gasteiger charge is -2.42. The van der Waals surface area contributed by atoms with Gasteiger partial charge in [-0.15, -0.1) is 0 Å². The molecule has 1 atom stereocenters. The maximum Gasteiger partial charge on any atom is 0.225 e. The molecule has 0 radical (unpaired) electrons. The van der Waals surface area contributed by atoms with Crippen LogP contribution in [0.3, 0.4) is 0 Å². The van der Waals surface area contributed by atoms with Crippen LogP contribution in [0.2, 0.25) is 0 Å². The van der Waals surface area contributed by atoms with Crippen molar-refractivity contribution in [2.75, 3.05) is 44.7 Å². The Balaban J connectivity index is 1.40. The zero-order chi connectivity index (χ0) is 17.6. The molecule has 25 heavy (non-hydrogen) atoms. The molecular formula is C19H33N3O2S. The summed E-state index contributed by atoms with van der Waals surface area (Å²) < 4.78 is 0.